The van der Waals surface area contributed by atoms with Crippen molar-refractivity contribution in [1.29, 1.82) is 0 Å². The molecule has 0 aliphatic rings. The molecule has 3 heteroatoms. The van der Waals surface area contributed by atoms with Crippen LogP contribution in [0.2, 0.25) is 0 Å². The summed E-state index contributed by atoms with van der Waals surface area (Å²) in [7, 11) is 0. The van der Waals surface area contributed by atoms with E-state index >= 15 is 0 Å². The minimum atomic E-state index is 0.948. The summed E-state index contributed by atoms with van der Waals surface area (Å²) >= 11 is 0. The third-order valence-corrected chi connectivity index (χ3v) is 2.85. The molecule has 0 spiro atoms. The maximum absolute atomic E-state index is 4.21. The molecule has 0 atom stereocenters. The lowest BCUT2D eigenvalue weighted by molar-refractivity contribution is 0.572. The van der Waals surface area contributed by atoms with Crippen molar-refractivity contribution in [3.05, 3.63) is 54.1 Å². The van der Waals surface area contributed by atoms with Crippen LogP contribution >= 0.6 is 0 Å². The van der Waals surface area contributed by atoms with Gasteiger partial charge in [-0.25, -0.2) is 4.98 Å². The van der Waals surface area contributed by atoms with Crippen LogP contribution in [0.15, 0.2) is 42.7 Å². The molecule has 1 heterocycles. The highest BCUT2D eigenvalue weighted by Crippen LogP contribution is 1.98. The molecule has 2 aromatic rings. The second-order valence-electron chi connectivity index (χ2n) is 4.18. The number of aromatic nitrogens is 2. The van der Waals surface area contributed by atoms with Gasteiger partial charge in [-0.2, -0.15) is 0 Å². The molecule has 0 bridgehead atoms. The third-order valence-electron chi connectivity index (χ3n) is 2.85. The van der Waals surface area contributed by atoms with Crippen LogP contribution < -0.4 is 5.32 Å². The van der Waals surface area contributed by atoms with Crippen LogP contribution in [0.5, 0.6) is 0 Å². The first-order chi connectivity index (χ1) is 8.36. The van der Waals surface area contributed by atoms with E-state index in [9.17, 15) is 0 Å². The predicted octanol–water partition coefficient (Wildman–Crippen LogP) is 2.37. The molecule has 2 rings (SSSR count). The Balaban J connectivity index is 1.63. The Morgan fingerprint density at radius 2 is 2.06 bits per heavy atom. The molecule has 17 heavy (non-hydrogen) atoms. The fourth-order valence-corrected chi connectivity index (χ4v) is 1.84. The summed E-state index contributed by atoms with van der Waals surface area (Å²) in [4.78, 5) is 4.21. The smallest absolute Gasteiger partial charge is 0.105 e. The average Bonchev–Trinajstić information content (AvgIpc) is 2.76. The lowest BCUT2D eigenvalue weighted by atomic mass is 10.2. The monoisotopic (exact) mass is 229 g/mol. The van der Waals surface area contributed by atoms with E-state index in [-0.39, 0.29) is 0 Å². The fourth-order valence-electron chi connectivity index (χ4n) is 1.84. The van der Waals surface area contributed by atoms with E-state index in [1.165, 1.54) is 5.56 Å². The van der Waals surface area contributed by atoms with Crippen LogP contribution in [0, 0.1) is 6.92 Å². The quantitative estimate of drug-likeness (QED) is 0.771. The molecule has 1 N–H and O–H groups in total. The minimum Gasteiger partial charge on any atom is -0.335 e. The van der Waals surface area contributed by atoms with Crippen LogP contribution in [-0.2, 0) is 13.1 Å². The van der Waals surface area contributed by atoms with E-state index < -0.39 is 0 Å². The second-order valence-corrected chi connectivity index (χ2v) is 4.18. The first-order valence-corrected chi connectivity index (χ1v) is 6.08. The lowest BCUT2D eigenvalue weighted by Crippen LogP contribution is -2.16. The zero-order chi connectivity index (χ0) is 11.9. The lowest BCUT2D eigenvalue weighted by Gasteiger charge is -2.06. The second kappa shape index (κ2) is 6.21. The van der Waals surface area contributed by atoms with Gasteiger partial charge in [0.25, 0.3) is 0 Å². The Morgan fingerprint density at radius 1 is 1.24 bits per heavy atom. The molecular weight excluding hydrogens is 210 g/mol. The molecule has 0 aliphatic carbocycles. The van der Waals surface area contributed by atoms with Gasteiger partial charge in [0.05, 0.1) is 0 Å². The number of nitrogens with one attached hydrogen (secondary N) is 1. The van der Waals surface area contributed by atoms with E-state index in [2.05, 4.69) is 39.1 Å². The zero-order valence-corrected chi connectivity index (χ0v) is 10.3. The van der Waals surface area contributed by atoms with Crippen molar-refractivity contribution in [2.75, 3.05) is 6.54 Å². The fraction of sp³-hybridized carbons (Fsp3) is 0.357. The van der Waals surface area contributed by atoms with Gasteiger partial charge < -0.3 is 9.88 Å². The summed E-state index contributed by atoms with van der Waals surface area (Å²) in [5.74, 6) is 1.09. The number of hydrogen-bond donors (Lipinski definition) is 1. The van der Waals surface area contributed by atoms with E-state index in [0.29, 0.717) is 0 Å². The van der Waals surface area contributed by atoms with Crippen molar-refractivity contribution < 1.29 is 0 Å². The SMILES string of the molecule is Cc1nccn1CCCNCc1ccccc1. The number of nitrogens with zero attached hydrogens (tertiary/aromatic N) is 2. The van der Waals surface area contributed by atoms with E-state index in [4.69, 9.17) is 0 Å². The van der Waals surface area contributed by atoms with Gasteiger partial charge in [-0.3, -0.25) is 0 Å². The molecule has 90 valence electrons. The highest BCUT2D eigenvalue weighted by Gasteiger charge is 1.96. The summed E-state index contributed by atoms with van der Waals surface area (Å²) in [6.07, 6.45) is 5.02. The topological polar surface area (TPSA) is 29.9 Å². The van der Waals surface area contributed by atoms with Gasteiger partial charge >= 0.3 is 0 Å². The Bertz CT molecular complexity index is 434. The van der Waals surface area contributed by atoms with Crippen molar-refractivity contribution in [2.24, 2.45) is 0 Å². The van der Waals surface area contributed by atoms with Gasteiger partial charge in [0.15, 0.2) is 0 Å². The Labute approximate surface area is 103 Å². The number of aryl methyl sites for hydroxylation is 2. The van der Waals surface area contributed by atoms with Gasteiger partial charge in [-0.15, -0.1) is 0 Å². The molecule has 3 nitrogen and oxygen atoms in total. The Hall–Kier alpha value is -1.61. The van der Waals surface area contributed by atoms with Crippen molar-refractivity contribution >= 4 is 0 Å². The molecule has 0 unspecified atom stereocenters. The number of hydrogen-bond acceptors (Lipinski definition) is 2. The largest absolute Gasteiger partial charge is 0.335 e. The van der Waals surface area contributed by atoms with Crippen LogP contribution in [0.1, 0.15) is 17.8 Å². The molecule has 0 saturated carbocycles. The summed E-state index contributed by atoms with van der Waals surface area (Å²) < 4.78 is 2.18. The molecular formula is C14H19N3. The minimum absolute atomic E-state index is 0.948. The summed E-state index contributed by atoms with van der Waals surface area (Å²) in [5, 5.41) is 3.45. The summed E-state index contributed by atoms with van der Waals surface area (Å²) in [6.45, 7) is 5.06. The number of benzene rings is 1. The van der Waals surface area contributed by atoms with Gasteiger partial charge in [0.2, 0.25) is 0 Å². The van der Waals surface area contributed by atoms with Crippen molar-refractivity contribution in [2.45, 2.75) is 26.4 Å². The highest BCUT2D eigenvalue weighted by atomic mass is 15.1. The molecule has 0 radical (unpaired) electrons. The molecule has 1 aromatic carbocycles. The molecule has 0 aliphatic heterocycles. The first kappa shape index (κ1) is 11.9. The van der Waals surface area contributed by atoms with E-state index in [1.54, 1.807) is 0 Å². The zero-order valence-electron chi connectivity index (χ0n) is 10.3. The molecule has 0 fully saturated rings. The maximum atomic E-state index is 4.21. The van der Waals surface area contributed by atoms with Crippen molar-refractivity contribution in [3.8, 4) is 0 Å². The summed E-state index contributed by atoms with van der Waals surface area (Å²) in [5.41, 5.74) is 1.34. The standard InChI is InChI=1S/C14H19N3/c1-13-16-9-11-17(13)10-5-8-15-12-14-6-3-2-4-7-14/h2-4,6-7,9,11,15H,5,8,10,12H2,1H3. The van der Waals surface area contributed by atoms with Gasteiger partial charge in [-0.1, -0.05) is 30.3 Å². The van der Waals surface area contributed by atoms with Crippen LogP contribution in [0.4, 0.5) is 0 Å². The van der Waals surface area contributed by atoms with E-state index in [0.717, 1.165) is 31.9 Å². The highest BCUT2D eigenvalue weighted by molar-refractivity contribution is 5.14. The Morgan fingerprint density at radius 3 is 2.76 bits per heavy atom. The maximum Gasteiger partial charge on any atom is 0.105 e. The first-order valence-electron chi connectivity index (χ1n) is 6.08. The van der Waals surface area contributed by atoms with Crippen molar-refractivity contribution in [1.82, 2.24) is 14.9 Å². The number of rotatable bonds is 6. The molecule has 1 aromatic heterocycles. The van der Waals surface area contributed by atoms with Crippen molar-refractivity contribution in [3.63, 3.8) is 0 Å². The van der Waals surface area contributed by atoms with Gasteiger partial charge in [-0.05, 0) is 25.5 Å². The van der Waals surface area contributed by atoms with Crippen LogP contribution in [0.3, 0.4) is 0 Å². The van der Waals surface area contributed by atoms with Gasteiger partial charge in [0.1, 0.15) is 5.82 Å². The number of imidazole rings is 1. The molecule has 0 amide bonds. The van der Waals surface area contributed by atoms with E-state index in [1.807, 2.05) is 25.4 Å². The summed E-state index contributed by atoms with van der Waals surface area (Å²) in [6, 6.07) is 10.5. The third kappa shape index (κ3) is 3.71. The van der Waals surface area contributed by atoms with Gasteiger partial charge in [0, 0.05) is 25.5 Å². The van der Waals surface area contributed by atoms with Crippen LogP contribution in [-0.4, -0.2) is 16.1 Å². The predicted molar refractivity (Wildman–Crippen MR) is 69.7 cm³/mol. The average molecular weight is 229 g/mol. The normalized spacial score (nSPS) is 10.6. The van der Waals surface area contributed by atoms with Crippen LogP contribution in [0.25, 0.3) is 0 Å². The Kier molecular flexibility index (Phi) is 4.33. The molecule has 0 saturated heterocycles.